The number of rotatable bonds is 6. The van der Waals surface area contributed by atoms with Crippen LogP contribution < -0.4 is 10.8 Å². The van der Waals surface area contributed by atoms with E-state index in [0.29, 0.717) is 11.6 Å². The van der Waals surface area contributed by atoms with Gasteiger partial charge < -0.3 is 9.84 Å². The Kier molecular flexibility index (Phi) is 5.06. The molecule has 0 unspecified atom stereocenters. The lowest BCUT2D eigenvalue weighted by Crippen LogP contribution is -2.30. The number of anilines is 1. The number of aryl methyl sites for hydroxylation is 1. The zero-order valence-electron chi connectivity index (χ0n) is 13.6. The van der Waals surface area contributed by atoms with Gasteiger partial charge in [-0.25, -0.2) is 5.48 Å². The van der Waals surface area contributed by atoms with Crippen LogP contribution in [-0.4, -0.2) is 23.6 Å². The average Bonchev–Trinajstić information content (AvgIpc) is 3.00. The molecule has 0 aliphatic rings. The van der Waals surface area contributed by atoms with E-state index in [1.165, 1.54) is 0 Å². The van der Waals surface area contributed by atoms with E-state index in [0.717, 1.165) is 16.3 Å². The zero-order chi connectivity index (χ0) is 17.6. The lowest BCUT2D eigenvalue weighted by molar-refractivity contribution is -0.136. The van der Waals surface area contributed by atoms with Crippen molar-refractivity contribution in [3.8, 4) is 0 Å². The first kappa shape index (κ1) is 16.7. The van der Waals surface area contributed by atoms with Crippen LogP contribution in [0, 0.1) is 6.92 Å². The van der Waals surface area contributed by atoms with Gasteiger partial charge in [0.15, 0.2) is 12.4 Å². The number of nitrogens with one attached hydrogen (secondary N) is 2. The lowest BCUT2D eigenvalue weighted by Gasteiger charge is -2.08. The summed E-state index contributed by atoms with van der Waals surface area (Å²) in [6.07, 6.45) is 0.158. The molecule has 2 N–H and O–H groups in total. The van der Waals surface area contributed by atoms with Crippen molar-refractivity contribution in [2.75, 3.05) is 11.9 Å². The molecule has 2 aromatic carbocycles. The number of carbonyl (C=O) groups is 2. The molecule has 0 aliphatic carbocycles. The van der Waals surface area contributed by atoms with Crippen molar-refractivity contribution in [3.05, 3.63) is 59.9 Å². The maximum Gasteiger partial charge on any atom is 0.254 e. The van der Waals surface area contributed by atoms with Gasteiger partial charge >= 0.3 is 0 Å². The van der Waals surface area contributed by atoms with Crippen LogP contribution in [-0.2, 0) is 20.8 Å². The second-order valence-corrected chi connectivity index (χ2v) is 5.50. The van der Waals surface area contributed by atoms with Gasteiger partial charge in [-0.15, -0.1) is 0 Å². The van der Waals surface area contributed by atoms with Crippen LogP contribution >= 0.6 is 0 Å². The van der Waals surface area contributed by atoms with Gasteiger partial charge in [0.2, 0.25) is 5.91 Å². The first-order chi connectivity index (χ1) is 12.1. The molecule has 2 amide bonds. The van der Waals surface area contributed by atoms with E-state index in [1.807, 2.05) is 42.5 Å². The monoisotopic (exact) mass is 339 g/mol. The predicted octanol–water partition coefficient (Wildman–Crippen LogP) is 2.37. The van der Waals surface area contributed by atoms with E-state index < -0.39 is 5.91 Å². The van der Waals surface area contributed by atoms with Crippen LogP contribution in [0.3, 0.4) is 0 Å². The molecule has 0 spiro atoms. The smallest absolute Gasteiger partial charge is 0.254 e. The van der Waals surface area contributed by atoms with Gasteiger partial charge in [-0.3, -0.25) is 14.4 Å². The number of fused-ring (bicyclic) bond motifs is 1. The zero-order valence-corrected chi connectivity index (χ0v) is 13.6. The van der Waals surface area contributed by atoms with E-state index in [-0.39, 0.29) is 18.9 Å². The third-order valence-electron chi connectivity index (χ3n) is 3.52. The summed E-state index contributed by atoms with van der Waals surface area (Å²) in [5.41, 5.74) is 3.16. The number of aromatic nitrogens is 1. The topological polar surface area (TPSA) is 93.5 Å². The summed E-state index contributed by atoms with van der Waals surface area (Å²) < 4.78 is 4.83. The molecule has 3 aromatic rings. The summed E-state index contributed by atoms with van der Waals surface area (Å²) >= 11 is 0. The Morgan fingerprint density at radius 3 is 2.72 bits per heavy atom. The summed E-state index contributed by atoms with van der Waals surface area (Å²) in [4.78, 5) is 28.6. The predicted molar refractivity (Wildman–Crippen MR) is 91.6 cm³/mol. The molecule has 1 aromatic heterocycles. The van der Waals surface area contributed by atoms with Crippen LogP contribution in [0.15, 0.2) is 53.1 Å². The van der Waals surface area contributed by atoms with Crippen molar-refractivity contribution < 1.29 is 18.9 Å². The summed E-state index contributed by atoms with van der Waals surface area (Å²) in [7, 11) is 0. The quantitative estimate of drug-likeness (QED) is 0.673. The van der Waals surface area contributed by atoms with Gasteiger partial charge in [-0.05, 0) is 23.3 Å². The highest BCUT2D eigenvalue weighted by atomic mass is 16.7. The number of carbonyl (C=O) groups excluding carboxylic acids is 2. The maximum absolute atomic E-state index is 12.0. The molecule has 0 fully saturated rings. The SMILES string of the molecule is Cc1cc(NC(=O)CONC(=O)Cc2cccc3ccccc23)no1. The lowest BCUT2D eigenvalue weighted by atomic mass is 10.0. The summed E-state index contributed by atoms with van der Waals surface area (Å²) in [6.45, 7) is 1.39. The fourth-order valence-corrected chi connectivity index (χ4v) is 2.44. The van der Waals surface area contributed by atoms with Crippen molar-refractivity contribution in [2.45, 2.75) is 13.3 Å². The standard InChI is InChI=1S/C18H17N3O4/c1-12-9-16(20-25-12)19-18(23)11-24-21-17(22)10-14-7-4-6-13-5-2-3-8-15(13)14/h2-9H,10-11H2,1H3,(H,21,22)(H,19,20,23). The molecule has 3 rings (SSSR count). The van der Waals surface area contributed by atoms with Crippen LogP contribution in [0.1, 0.15) is 11.3 Å². The van der Waals surface area contributed by atoms with Gasteiger partial charge in [0, 0.05) is 6.07 Å². The van der Waals surface area contributed by atoms with Crippen molar-refractivity contribution in [1.29, 1.82) is 0 Å². The fraction of sp³-hybridized carbons (Fsp3) is 0.167. The molecule has 128 valence electrons. The van der Waals surface area contributed by atoms with Gasteiger partial charge in [-0.2, -0.15) is 0 Å². The van der Waals surface area contributed by atoms with E-state index in [1.54, 1.807) is 13.0 Å². The van der Waals surface area contributed by atoms with E-state index in [4.69, 9.17) is 9.36 Å². The number of hydroxylamine groups is 1. The van der Waals surface area contributed by atoms with Gasteiger partial charge in [0.05, 0.1) is 6.42 Å². The van der Waals surface area contributed by atoms with E-state index in [9.17, 15) is 9.59 Å². The molecule has 7 nitrogen and oxygen atoms in total. The highest BCUT2D eigenvalue weighted by molar-refractivity contribution is 5.91. The highest BCUT2D eigenvalue weighted by Crippen LogP contribution is 2.18. The molecule has 1 heterocycles. The number of amides is 2. The Morgan fingerprint density at radius 1 is 1.12 bits per heavy atom. The molecule has 0 atom stereocenters. The second-order valence-electron chi connectivity index (χ2n) is 5.50. The van der Waals surface area contributed by atoms with Crippen LogP contribution in [0.25, 0.3) is 10.8 Å². The van der Waals surface area contributed by atoms with Crippen LogP contribution in [0.5, 0.6) is 0 Å². The van der Waals surface area contributed by atoms with Crippen LogP contribution in [0.4, 0.5) is 5.82 Å². The normalized spacial score (nSPS) is 10.6. The Hall–Kier alpha value is -3.19. The van der Waals surface area contributed by atoms with Crippen LogP contribution in [0.2, 0.25) is 0 Å². The number of benzene rings is 2. The molecule has 0 saturated heterocycles. The minimum atomic E-state index is -0.446. The molecule has 0 aliphatic heterocycles. The van der Waals surface area contributed by atoms with Crippen molar-refractivity contribution in [2.24, 2.45) is 0 Å². The first-order valence-corrected chi connectivity index (χ1v) is 7.72. The Bertz CT molecular complexity index is 899. The minimum absolute atomic E-state index is 0.158. The molecule has 0 radical (unpaired) electrons. The summed E-state index contributed by atoms with van der Waals surface area (Å²) in [6, 6.07) is 15.2. The van der Waals surface area contributed by atoms with Gasteiger partial charge in [0.25, 0.3) is 5.91 Å². The third-order valence-corrected chi connectivity index (χ3v) is 3.52. The van der Waals surface area contributed by atoms with E-state index >= 15 is 0 Å². The minimum Gasteiger partial charge on any atom is -0.360 e. The first-order valence-electron chi connectivity index (χ1n) is 7.72. The largest absolute Gasteiger partial charge is 0.360 e. The van der Waals surface area contributed by atoms with Crippen molar-refractivity contribution in [1.82, 2.24) is 10.6 Å². The maximum atomic E-state index is 12.0. The fourth-order valence-electron chi connectivity index (χ4n) is 2.44. The molecule has 25 heavy (non-hydrogen) atoms. The molecule has 0 saturated carbocycles. The van der Waals surface area contributed by atoms with Crippen molar-refractivity contribution in [3.63, 3.8) is 0 Å². The molecular formula is C18H17N3O4. The van der Waals surface area contributed by atoms with Gasteiger partial charge in [-0.1, -0.05) is 47.6 Å². The number of hydrogen-bond donors (Lipinski definition) is 2. The summed E-state index contributed by atoms with van der Waals surface area (Å²) in [5.74, 6) is 0.105. The van der Waals surface area contributed by atoms with E-state index in [2.05, 4.69) is 16.0 Å². The molecular weight excluding hydrogens is 322 g/mol. The number of hydrogen-bond acceptors (Lipinski definition) is 5. The third kappa shape index (κ3) is 4.42. The molecule has 7 heteroatoms. The highest BCUT2D eigenvalue weighted by Gasteiger charge is 2.09. The van der Waals surface area contributed by atoms with Gasteiger partial charge in [0.1, 0.15) is 5.76 Å². The Labute approximate surface area is 143 Å². The summed E-state index contributed by atoms with van der Waals surface area (Å²) in [5, 5.41) is 8.20. The Balaban J connectivity index is 1.48. The second kappa shape index (κ2) is 7.59. The average molecular weight is 339 g/mol. The number of nitrogens with zero attached hydrogens (tertiary/aromatic N) is 1. The molecule has 0 bridgehead atoms. The Morgan fingerprint density at radius 2 is 1.92 bits per heavy atom. The van der Waals surface area contributed by atoms with Crippen molar-refractivity contribution >= 4 is 28.4 Å².